The number of hydrogen-bond acceptors (Lipinski definition) is 4. The second-order valence-corrected chi connectivity index (χ2v) is 4.80. The zero-order chi connectivity index (χ0) is 11.5. The molecule has 0 spiro atoms. The van der Waals surface area contributed by atoms with Gasteiger partial charge in [-0.15, -0.1) is 0 Å². The smallest absolute Gasteiger partial charge is 0.410 e. The Balaban J connectivity index is 2.51. The van der Waals surface area contributed by atoms with E-state index in [0.717, 1.165) is 19.4 Å². The van der Waals surface area contributed by atoms with E-state index in [0.29, 0.717) is 6.61 Å². The van der Waals surface area contributed by atoms with Gasteiger partial charge in [0.2, 0.25) is 0 Å². The van der Waals surface area contributed by atoms with Crippen molar-refractivity contribution in [1.82, 2.24) is 4.90 Å². The zero-order valence-corrected chi connectivity index (χ0v) is 9.66. The van der Waals surface area contributed by atoms with Crippen molar-refractivity contribution in [2.75, 3.05) is 13.2 Å². The summed E-state index contributed by atoms with van der Waals surface area (Å²) in [4.78, 5) is 18.0. The van der Waals surface area contributed by atoms with Gasteiger partial charge in [-0.3, -0.25) is 0 Å². The molecule has 0 saturated carbocycles. The van der Waals surface area contributed by atoms with Crippen LogP contribution in [-0.2, 0) is 9.57 Å². The maximum Gasteiger partial charge on any atom is 0.410 e. The number of amides is 1. The quantitative estimate of drug-likeness (QED) is 0.706. The molecule has 1 fully saturated rings. The summed E-state index contributed by atoms with van der Waals surface area (Å²) in [6, 6.07) is 0.0600. The lowest BCUT2D eigenvalue weighted by atomic mass is 10.2. The number of nitrogens with zero attached hydrogens (tertiary/aromatic N) is 1. The minimum absolute atomic E-state index is 0.0600. The van der Waals surface area contributed by atoms with Gasteiger partial charge in [-0.25, -0.2) is 10.7 Å². The first-order valence-corrected chi connectivity index (χ1v) is 5.25. The van der Waals surface area contributed by atoms with Gasteiger partial charge >= 0.3 is 6.09 Å². The topological polar surface area (TPSA) is 64.8 Å². The van der Waals surface area contributed by atoms with Crippen molar-refractivity contribution in [3.63, 3.8) is 0 Å². The number of carbonyl (C=O) groups excluding carboxylic acids is 1. The van der Waals surface area contributed by atoms with E-state index < -0.39 is 5.60 Å². The lowest BCUT2D eigenvalue weighted by molar-refractivity contribution is 0.0106. The molecule has 1 rings (SSSR count). The lowest BCUT2D eigenvalue weighted by Gasteiger charge is -2.28. The van der Waals surface area contributed by atoms with E-state index in [4.69, 9.17) is 10.6 Å². The van der Waals surface area contributed by atoms with Crippen molar-refractivity contribution in [2.45, 2.75) is 45.3 Å². The van der Waals surface area contributed by atoms with Gasteiger partial charge in [0.05, 0.1) is 12.6 Å². The summed E-state index contributed by atoms with van der Waals surface area (Å²) in [7, 11) is 0. The molecule has 0 aromatic rings. The van der Waals surface area contributed by atoms with Crippen molar-refractivity contribution in [3.8, 4) is 0 Å². The third-order valence-corrected chi connectivity index (χ3v) is 2.29. The van der Waals surface area contributed by atoms with E-state index in [1.807, 2.05) is 20.8 Å². The molecule has 5 heteroatoms. The van der Waals surface area contributed by atoms with Crippen molar-refractivity contribution < 1.29 is 14.4 Å². The fourth-order valence-electron chi connectivity index (χ4n) is 1.68. The molecule has 1 amide bonds. The monoisotopic (exact) mass is 216 g/mol. The molecule has 1 atom stereocenters. The van der Waals surface area contributed by atoms with E-state index >= 15 is 0 Å². The molecule has 0 aromatic carbocycles. The number of likely N-dealkylation sites (tertiary alicyclic amines) is 1. The van der Waals surface area contributed by atoms with E-state index in [1.54, 1.807) is 4.90 Å². The lowest BCUT2D eigenvalue weighted by Crippen LogP contribution is -2.42. The molecule has 0 bridgehead atoms. The number of rotatable bonds is 2. The van der Waals surface area contributed by atoms with Gasteiger partial charge in [-0.05, 0) is 33.6 Å². The van der Waals surface area contributed by atoms with E-state index in [2.05, 4.69) is 4.84 Å². The van der Waals surface area contributed by atoms with Crippen molar-refractivity contribution in [3.05, 3.63) is 0 Å². The number of ether oxygens (including phenoxy) is 1. The van der Waals surface area contributed by atoms with Gasteiger partial charge in [0.25, 0.3) is 0 Å². The summed E-state index contributed by atoms with van der Waals surface area (Å²) in [5.41, 5.74) is -0.451. The van der Waals surface area contributed by atoms with Gasteiger partial charge in [0, 0.05) is 6.54 Å². The molecule has 1 unspecified atom stereocenters. The maximum absolute atomic E-state index is 11.8. The summed E-state index contributed by atoms with van der Waals surface area (Å²) >= 11 is 0. The van der Waals surface area contributed by atoms with Crippen LogP contribution in [0.2, 0.25) is 0 Å². The molecule has 0 radical (unpaired) electrons. The fraction of sp³-hybridized carbons (Fsp3) is 0.900. The molecular formula is C10H20N2O3. The third kappa shape index (κ3) is 3.68. The molecule has 88 valence electrons. The molecule has 0 aromatic heterocycles. The van der Waals surface area contributed by atoms with E-state index in [9.17, 15) is 4.79 Å². The normalized spacial score (nSPS) is 21.9. The first kappa shape index (κ1) is 12.3. The minimum atomic E-state index is -0.451. The first-order chi connectivity index (χ1) is 6.94. The molecule has 1 saturated heterocycles. The van der Waals surface area contributed by atoms with Gasteiger partial charge in [-0.2, -0.15) is 0 Å². The van der Waals surface area contributed by atoms with Crippen LogP contribution in [-0.4, -0.2) is 35.8 Å². The Morgan fingerprint density at radius 3 is 2.73 bits per heavy atom. The average molecular weight is 216 g/mol. The standard InChI is InChI=1S/C10H20N2O3/c1-10(2,3)15-9(13)12-6-4-5-8(12)7-14-11/h8H,4-7,11H2,1-3H3. The Hall–Kier alpha value is -0.810. The van der Waals surface area contributed by atoms with Crippen LogP contribution in [0.25, 0.3) is 0 Å². The van der Waals surface area contributed by atoms with E-state index in [-0.39, 0.29) is 12.1 Å². The molecular weight excluding hydrogens is 196 g/mol. The van der Waals surface area contributed by atoms with Crippen LogP contribution in [0.4, 0.5) is 4.79 Å². The summed E-state index contributed by atoms with van der Waals surface area (Å²) in [6.07, 6.45) is 1.63. The molecule has 0 aliphatic carbocycles. The second-order valence-electron chi connectivity index (χ2n) is 4.80. The van der Waals surface area contributed by atoms with Crippen molar-refractivity contribution in [1.29, 1.82) is 0 Å². The molecule has 1 aliphatic heterocycles. The van der Waals surface area contributed by atoms with Crippen LogP contribution in [0, 0.1) is 0 Å². The van der Waals surface area contributed by atoms with Gasteiger partial charge in [-0.1, -0.05) is 0 Å². The van der Waals surface area contributed by atoms with Crippen LogP contribution < -0.4 is 5.90 Å². The first-order valence-electron chi connectivity index (χ1n) is 5.25. The Morgan fingerprint density at radius 1 is 1.53 bits per heavy atom. The molecule has 2 N–H and O–H groups in total. The predicted molar refractivity (Wildman–Crippen MR) is 56.1 cm³/mol. The van der Waals surface area contributed by atoms with Crippen LogP contribution in [0.3, 0.4) is 0 Å². The van der Waals surface area contributed by atoms with E-state index in [1.165, 1.54) is 0 Å². The molecule has 5 nitrogen and oxygen atoms in total. The number of hydrogen-bond donors (Lipinski definition) is 1. The fourth-order valence-corrected chi connectivity index (χ4v) is 1.68. The Kier molecular flexibility index (Phi) is 3.93. The van der Waals surface area contributed by atoms with Gasteiger partial charge in [0.15, 0.2) is 0 Å². The Morgan fingerprint density at radius 2 is 2.20 bits per heavy atom. The molecule has 1 aliphatic rings. The Labute approximate surface area is 90.5 Å². The van der Waals surface area contributed by atoms with Crippen LogP contribution in [0.1, 0.15) is 33.6 Å². The third-order valence-electron chi connectivity index (χ3n) is 2.29. The van der Waals surface area contributed by atoms with Crippen LogP contribution in [0.15, 0.2) is 0 Å². The predicted octanol–water partition coefficient (Wildman–Crippen LogP) is 1.28. The van der Waals surface area contributed by atoms with Crippen molar-refractivity contribution >= 4 is 6.09 Å². The average Bonchev–Trinajstić information content (AvgIpc) is 2.49. The Bertz CT molecular complexity index is 225. The van der Waals surface area contributed by atoms with Gasteiger partial charge in [0.1, 0.15) is 5.60 Å². The highest BCUT2D eigenvalue weighted by Crippen LogP contribution is 2.20. The zero-order valence-electron chi connectivity index (χ0n) is 9.66. The number of carbonyl (C=O) groups is 1. The van der Waals surface area contributed by atoms with Gasteiger partial charge < -0.3 is 14.5 Å². The van der Waals surface area contributed by atoms with Crippen molar-refractivity contribution in [2.24, 2.45) is 5.90 Å². The summed E-state index contributed by atoms with van der Waals surface area (Å²) in [5, 5.41) is 0. The summed E-state index contributed by atoms with van der Waals surface area (Å²) in [5.74, 6) is 5.02. The maximum atomic E-state index is 11.8. The van der Waals surface area contributed by atoms with Crippen LogP contribution >= 0.6 is 0 Å². The highest BCUT2D eigenvalue weighted by Gasteiger charge is 2.31. The highest BCUT2D eigenvalue weighted by molar-refractivity contribution is 5.68. The molecule has 15 heavy (non-hydrogen) atoms. The second kappa shape index (κ2) is 4.81. The molecule has 1 heterocycles. The highest BCUT2D eigenvalue weighted by atomic mass is 16.6. The SMILES string of the molecule is CC(C)(C)OC(=O)N1CCCC1CON. The largest absolute Gasteiger partial charge is 0.444 e. The number of nitrogens with two attached hydrogens (primary N) is 1. The van der Waals surface area contributed by atoms with Crippen LogP contribution in [0.5, 0.6) is 0 Å². The minimum Gasteiger partial charge on any atom is -0.444 e. The summed E-state index contributed by atoms with van der Waals surface area (Å²) in [6.45, 7) is 6.67. The summed E-state index contributed by atoms with van der Waals surface area (Å²) < 4.78 is 5.29.